The van der Waals surface area contributed by atoms with Gasteiger partial charge in [-0.2, -0.15) is 0 Å². The Morgan fingerprint density at radius 3 is 3.05 bits per heavy atom. The van der Waals surface area contributed by atoms with Crippen molar-refractivity contribution in [2.45, 2.75) is 25.3 Å². The van der Waals surface area contributed by atoms with E-state index in [9.17, 15) is 0 Å². The van der Waals surface area contributed by atoms with Crippen molar-refractivity contribution in [1.82, 2.24) is 9.97 Å². The van der Waals surface area contributed by atoms with Crippen LogP contribution in [-0.4, -0.2) is 17.0 Å². The first-order valence-corrected chi connectivity index (χ1v) is 7.98. The number of aryl methyl sites for hydroxylation is 1. The molecular weight excluding hydrogens is 324 g/mol. The van der Waals surface area contributed by atoms with E-state index in [-0.39, 0.29) is 0 Å². The Bertz CT molecular complexity index is 584. The molecule has 19 heavy (non-hydrogen) atoms. The minimum absolute atomic E-state index is 0.353. The smallest absolute Gasteiger partial charge is 0.146 e. The van der Waals surface area contributed by atoms with Gasteiger partial charge in [0.25, 0.3) is 0 Å². The molecule has 0 fully saturated rings. The van der Waals surface area contributed by atoms with E-state index in [1.54, 1.807) is 6.33 Å². The number of anilines is 2. The van der Waals surface area contributed by atoms with E-state index >= 15 is 0 Å². The number of nitrogens with zero attached hydrogens (tertiary/aromatic N) is 2. The molecule has 0 radical (unpaired) electrons. The molecule has 4 nitrogen and oxygen atoms in total. The molecule has 0 saturated heterocycles. The van der Waals surface area contributed by atoms with Gasteiger partial charge in [0.2, 0.25) is 0 Å². The molecule has 0 spiro atoms. The van der Waals surface area contributed by atoms with E-state index in [1.807, 2.05) is 18.4 Å². The SMILES string of the molecule is CNc1ncnc(NC2CCCc3sccc32)c1Br. The van der Waals surface area contributed by atoms with Crippen LogP contribution in [0, 0.1) is 0 Å². The van der Waals surface area contributed by atoms with Crippen molar-refractivity contribution in [2.24, 2.45) is 0 Å². The molecule has 1 aliphatic carbocycles. The maximum Gasteiger partial charge on any atom is 0.146 e. The van der Waals surface area contributed by atoms with Crippen LogP contribution < -0.4 is 10.6 Å². The van der Waals surface area contributed by atoms with E-state index in [2.05, 4.69) is 48.0 Å². The zero-order valence-corrected chi connectivity index (χ0v) is 13.0. The minimum atomic E-state index is 0.353. The number of halogens is 1. The Kier molecular flexibility index (Phi) is 3.70. The summed E-state index contributed by atoms with van der Waals surface area (Å²) in [5.74, 6) is 1.65. The van der Waals surface area contributed by atoms with Crippen LogP contribution in [0.25, 0.3) is 0 Å². The van der Waals surface area contributed by atoms with Gasteiger partial charge < -0.3 is 10.6 Å². The first kappa shape index (κ1) is 12.9. The quantitative estimate of drug-likeness (QED) is 0.892. The summed E-state index contributed by atoms with van der Waals surface area (Å²) in [6.45, 7) is 0. The van der Waals surface area contributed by atoms with Crippen molar-refractivity contribution in [3.8, 4) is 0 Å². The van der Waals surface area contributed by atoms with Gasteiger partial charge in [0, 0.05) is 11.9 Å². The molecule has 2 aromatic rings. The summed E-state index contributed by atoms with van der Waals surface area (Å²) in [6, 6.07) is 2.58. The number of nitrogens with one attached hydrogen (secondary N) is 2. The van der Waals surface area contributed by atoms with Gasteiger partial charge in [0.15, 0.2) is 0 Å². The second kappa shape index (κ2) is 5.46. The molecule has 6 heteroatoms. The van der Waals surface area contributed by atoms with Gasteiger partial charge >= 0.3 is 0 Å². The average molecular weight is 339 g/mol. The lowest BCUT2D eigenvalue weighted by atomic mass is 9.94. The van der Waals surface area contributed by atoms with E-state index < -0.39 is 0 Å². The molecule has 100 valence electrons. The Morgan fingerprint density at radius 2 is 2.21 bits per heavy atom. The van der Waals surface area contributed by atoms with Crippen molar-refractivity contribution in [3.05, 3.63) is 32.7 Å². The maximum atomic E-state index is 4.33. The van der Waals surface area contributed by atoms with Gasteiger partial charge in [0.1, 0.15) is 22.4 Å². The molecule has 0 aromatic carbocycles. The highest BCUT2D eigenvalue weighted by Crippen LogP contribution is 2.37. The summed E-state index contributed by atoms with van der Waals surface area (Å²) in [7, 11) is 1.86. The molecule has 0 aliphatic heterocycles. The van der Waals surface area contributed by atoms with Crippen LogP contribution in [0.1, 0.15) is 29.3 Å². The summed E-state index contributed by atoms with van der Waals surface area (Å²) in [5.41, 5.74) is 1.42. The monoisotopic (exact) mass is 338 g/mol. The standard InChI is InChI=1S/C13H15BrN4S/c1-15-12-11(14)13(17-7-16-12)18-9-3-2-4-10-8(9)5-6-19-10/h5-7,9H,2-4H2,1H3,(H2,15,16,17,18). The van der Waals surface area contributed by atoms with Crippen LogP contribution in [0.5, 0.6) is 0 Å². The average Bonchev–Trinajstić information content (AvgIpc) is 2.90. The lowest BCUT2D eigenvalue weighted by molar-refractivity contribution is 0.606. The molecule has 0 saturated carbocycles. The third kappa shape index (κ3) is 2.47. The number of aromatic nitrogens is 2. The van der Waals surface area contributed by atoms with Gasteiger partial charge in [-0.05, 0) is 52.2 Å². The van der Waals surface area contributed by atoms with Gasteiger partial charge in [-0.3, -0.25) is 0 Å². The van der Waals surface area contributed by atoms with Crippen molar-refractivity contribution in [2.75, 3.05) is 17.7 Å². The van der Waals surface area contributed by atoms with E-state index in [0.29, 0.717) is 6.04 Å². The molecule has 2 N–H and O–H groups in total. The largest absolute Gasteiger partial charge is 0.372 e. The van der Waals surface area contributed by atoms with Gasteiger partial charge in [-0.15, -0.1) is 11.3 Å². The van der Waals surface area contributed by atoms with Gasteiger partial charge in [0.05, 0.1) is 6.04 Å². The first-order valence-electron chi connectivity index (χ1n) is 6.30. The third-order valence-corrected chi connectivity index (χ3v) is 5.14. The molecule has 0 amide bonds. The Hall–Kier alpha value is -1.14. The molecule has 3 rings (SSSR count). The van der Waals surface area contributed by atoms with Crippen LogP contribution in [0.4, 0.5) is 11.6 Å². The lowest BCUT2D eigenvalue weighted by Gasteiger charge is -2.24. The molecule has 2 heterocycles. The fourth-order valence-electron chi connectivity index (χ4n) is 2.45. The number of hydrogen-bond acceptors (Lipinski definition) is 5. The zero-order valence-electron chi connectivity index (χ0n) is 10.6. The number of rotatable bonds is 3. The van der Waals surface area contributed by atoms with E-state index in [4.69, 9.17) is 0 Å². The number of fused-ring (bicyclic) bond motifs is 1. The Labute approximate surface area is 124 Å². The van der Waals surface area contributed by atoms with E-state index in [1.165, 1.54) is 23.3 Å². The van der Waals surface area contributed by atoms with Crippen LogP contribution in [0.3, 0.4) is 0 Å². The first-order chi connectivity index (χ1) is 9.29. The Balaban J connectivity index is 1.87. The highest BCUT2D eigenvalue weighted by molar-refractivity contribution is 9.10. The second-order valence-electron chi connectivity index (χ2n) is 4.52. The Morgan fingerprint density at radius 1 is 1.37 bits per heavy atom. The summed E-state index contributed by atoms with van der Waals surface area (Å²) < 4.78 is 0.889. The second-order valence-corrected chi connectivity index (χ2v) is 6.32. The fraction of sp³-hybridized carbons (Fsp3) is 0.385. The number of thiophene rings is 1. The molecular formula is C13H15BrN4S. The molecule has 2 aromatic heterocycles. The van der Waals surface area contributed by atoms with Crippen LogP contribution in [0.15, 0.2) is 22.2 Å². The van der Waals surface area contributed by atoms with Gasteiger partial charge in [-0.25, -0.2) is 9.97 Å². The molecule has 1 unspecified atom stereocenters. The normalized spacial score (nSPS) is 17.9. The van der Waals surface area contributed by atoms with E-state index in [0.717, 1.165) is 22.5 Å². The minimum Gasteiger partial charge on any atom is -0.372 e. The lowest BCUT2D eigenvalue weighted by Crippen LogP contribution is -2.17. The van der Waals surface area contributed by atoms with Crippen molar-refractivity contribution in [1.29, 1.82) is 0 Å². The predicted octanol–water partition coefficient (Wildman–Crippen LogP) is 3.83. The summed E-state index contributed by atoms with van der Waals surface area (Å²) in [5, 5.41) is 8.77. The number of hydrogen-bond donors (Lipinski definition) is 2. The fourth-order valence-corrected chi connectivity index (χ4v) is 3.95. The topological polar surface area (TPSA) is 49.8 Å². The molecule has 1 aliphatic rings. The molecule has 0 bridgehead atoms. The summed E-state index contributed by atoms with van der Waals surface area (Å²) in [6.07, 6.45) is 5.16. The zero-order chi connectivity index (χ0) is 13.2. The summed E-state index contributed by atoms with van der Waals surface area (Å²) >= 11 is 5.41. The predicted molar refractivity (Wildman–Crippen MR) is 82.9 cm³/mol. The van der Waals surface area contributed by atoms with Gasteiger partial charge in [-0.1, -0.05) is 0 Å². The highest BCUT2D eigenvalue weighted by Gasteiger charge is 2.22. The van der Waals surface area contributed by atoms with Crippen molar-refractivity contribution in [3.63, 3.8) is 0 Å². The van der Waals surface area contributed by atoms with Crippen molar-refractivity contribution >= 4 is 38.9 Å². The van der Waals surface area contributed by atoms with Crippen LogP contribution in [-0.2, 0) is 6.42 Å². The van der Waals surface area contributed by atoms with Crippen molar-refractivity contribution < 1.29 is 0 Å². The third-order valence-electron chi connectivity index (χ3n) is 3.39. The highest BCUT2D eigenvalue weighted by atomic mass is 79.9. The summed E-state index contributed by atoms with van der Waals surface area (Å²) in [4.78, 5) is 10.0. The molecule has 1 atom stereocenters. The van der Waals surface area contributed by atoms with Crippen LogP contribution in [0.2, 0.25) is 0 Å². The maximum absolute atomic E-state index is 4.33. The van der Waals surface area contributed by atoms with Crippen LogP contribution >= 0.6 is 27.3 Å².